The summed E-state index contributed by atoms with van der Waals surface area (Å²) in [5, 5.41) is 46.2. The van der Waals surface area contributed by atoms with Gasteiger partial charge in [-0.05, 0) is 0 Å². The third kappa shape index (κ3) is 120. The molecule has 0 bridgehead atoms. The molecule has 0 aliphatic carbocycles. The van der Waals surface area contributed by atoms with Gasteiger partial charge in [0, 0.05) is 0 Å². The van der Waals surface area contributed by atoms with Gasteiger partial charge in [0.1, 0.15) is 19.3 Å². The van der Waals surface area contributed by atoms with Gasteiger partial charge in [0.2, 0.25) is 0 Å². The third-order valence-corrected chi connectivity index (χ3v) is 0.907. The van der Waals surface area contributed by atoms with Crippen LogP contribution in [0, 0.1) is 0 Å². The van der Waals surface area contributed by atoms with E-state index in [0.717, 1.165) is 0 Å². The van der Waals surface area contributed by atoms with Crippen molar-refractivity contribution in [3.05, 3.63) is 0 Å². The summed E-state index contributed by atoms with van der Waals surface area (Å²) in [4.78, 5) is 78.1. The molecule has 18 heteroatoms. The molecular weight excluding hydrogens is 402 g/mol. The molecular formula is C9H16LiO16P. The molecule has 0 radical (unpaired) electrons. The first-order valence-corrected chi connectivity index (χ1v) is 7.04. The average Bonchev–Trinajstić information content (AvgIpc) is 2.20. The number of aliphatic carboxylic acids is 6. The van der Waals surface area contributed by atoms with Crippen molar-refractivity contribution < 1.29 is 78.7 Å². The summed E-state index contributed by atoms with van der Waals surface area (Å²) >= 11 is 0. The fourth-order valence-corrected chi connectivity index (χ4v) is 0.388. The van der Waals surface area contributed by atoms with Crippen LogP contribution < -0.4 is 0 Å². The van der Waals surface area contributed by atoms with Crippen LogP contribution in [-0.4, -0.2) is 100.0 Å². The molecule has 0 aliphatic heterocycles. The molecule has 9 N–H and O–H groups in total. The monoisotopic (exact) mass is 418 g/mol. The van der Waals surface area contributed by atoms with Gasteiger partial charge in [-0.15, -0.1) is 0 Å². The summed E-state index contributed by atoms with van der Waals surface area (Å²) < 4.78 is 8.88. The van der Waals surface area contributed by atoms with Crippen molar-refractivity contribution in [1.29, 1.82) is 0 Å². The Labute approximate surface area is 161 Å². The molecule has 0 aliphatic rings. The fraction of sp³-hybridized carbons (Fsp3) is 0.333. The molecule has 16 nitrogen and oxygen atoms in total. The number of carboxylic acid groups (broad SMARTS) is 6. The number of carboxylic acids is 6. The summed E-state index contributed by atoms with van der Waals surface area (Å²) in [7, 11) is -4.64. The molecule has 27 heavy (non-hydrogen) atoms. The zero-order valence-electron chi connectivity index (χ0n) is 12.5. The molecule has 154 valence electrons. The maximum absolute atomic E-state index is 9.43. The summed E-state index contributed by atoms with van der Waals surface area (Å²) in [5.74, 6) is -7.88. The molecule has 0 aromatic carbocycles. The van der Waals surface area contributed by atoms with E-state index >= 15 is 0 Å². The predicted octanol–water partition coefficient (Wildman–Crippen LogP) is -2.94. The normalized spacial score (nSPS) is 8.41. The third-order valence-electron chi connectivity index (χ3n) is 0.907. The predicted molar refractivity (Wildman–Crippen MR) is 81.1 cm³/mol. The van der Waals surface area contributed by atoms with E-state index in [9.17, 15) is 28.8 Å². The van der Waals surface area contributed by atoms with Gasteiger partial charge in [0.25, 0.3) is 0 Å². The molecule has 0 aromatic rings. The second-order valence-electron chi connectivity index (χ2n) is 3.41. The van der Waals surface area contributed by atoms with Crippen LogP contribution in [0.2, 0.25) is 0 Å². The van der Waals surface area contributed by atoms with E-state index in [-0.39, 0.29) is 18.9 Å². The summed E-state index contributed by atoms with van der Waals surface area (Å²) in [6, 6.07) is 0. The Kier molecular flexibility index (Phi) is 26.2. The SMILES string of the molecule is O=C(O)CC(=O)O.O=C(O)CC(=O)O.O=C(O)CC(=O)O.O=P(O)(O)O.[LiH]. The summed E-state index contributed by atoms with van der Waals surface area (Å²) in [6.45, 7) is 0. The molecule has 0 rings (SSSR count). The van der Waals surface area contributed by atoms with Gasteiger partial charge in [-0.1, -0.05) is 0 Å². The van der Waals surface area contributed by atoms with Gasteiger partial charge in [-0.25, -0.2) is 4.57 Å². The van der Waals surface area contributed by atoms with Crippen LogP contribution in [0.4, 0.5) is 0 Å². The molecule has 0 saturated heterocycles. The Morgan fingerprint density at radius 2 is 0.556 bits per heavy atom. The van der Waals surface area contributed by atoms with E-state index in [2.05, 4.69) is 0 Å². The number of rotatable bonds is 6. The number of hydrogen-bond donors (Lipinski definition) is 9. The van der Waals surface area contributed by atoms with Gasteiger partial charge >= 0.3 is 62.5 Å². The Morgan fingerprint density at radius 1 is 0.481 bits per heavy atom. The first-order valence-electron chi connectivity index (χ1n) is 5.47. The van der Waals surface area contributed by atoms with Crippen molar-refractivity contribution in [2.24, 2.45) is 0 Å². The van der Waals surface area contributed by atoms with E-state index in [1.54, 1.807) is 0 Å². The van der Waals surface area contributed by atoms with Crippen molar-refractivity contribution in [1.82, 2.24) is 0 Å². The van der Waals surface area contributed by atoms with E-state index in [1.807, 2.05) is 0 Å². The van der Waals surface area contributed by atoms with Crippen molar-refractivity contribution >= 4 is 62.5 Å². The van der Waals surface area contributed by atoms with Crippen LogP contribution in [0.5, 0.6) is 0 Å². The van der Waals surface area contributed by atoms with Crippen LogP contribution >= 0.6 is 7.82 Å². The zero-order valence-corrected chi connectivity index (χ0v) is 13.3. The second-order valence-corrected chi connectivity index (χ2v) is 4.43. The Bertz CT molecular complexity index is 444. The fourth-order valence-electron chi connectivity index (χ4n) is 0.388. The van der Waals surface area contributed by atoms with Crippen LogP contribution in [-0.2, 0) is 33.3 Å². The van der Waals surface area contributed by atoms with Gasteiger partial charge in [-0.3, -0.25) is 28.8 Å². The maximum atomic E-state index is 9.43. The van der Waals surface area contributed by atoms with Crippen LogP contribution in [0.25, 0.3) is 0 Å². The standard InChI is InChI=1S/3C3H4O4.Li.H3O4P.H/c3*4-2(5)1-3(6)7;;1-5(2,3)4;/h3*1H2,(H,4,5)(H,6,7);;(H3,1,2,3,4);. The molecule has 0 unspecified atom stereocenters. The number of phosphoric acid groups is 1. The Morgan fingerprint density at radius 3 is 0.556 bits per heavy atom. The Balaban J connectivity index is -0.0000000793. The molecule has 0 aromatic heterocycles. The van der Waals surface area contributed by atoms with Crippen molar-refractivity contribution in [2.45, 2.75) is 19.3 Å². The van der Waals surface area contributed by atoms with Crippen molar-refractivity contribution in [3.63, 3.8) is 0 Å². The van der Waals surface area contributed by atoms with Gasteiger partial charge in [0.15, 0.2) is 0 Å². The molecule has 0 fully saturated rings. The molecule has 0 spiro atoms. The van der Waals surface area contributed by atoms with Crippen LogP contribution in [0.3, 0.4) is 0 Å². The van der Waals surface area contributed by atoms with Gasteiger partial charge in [0.05, 0.1) is 0 Å². The molecule has 0 amide bonds. The number of carbonyl (C=O) groups is 6. The molecule has 0 heterocycles. The topological polar surface area (TPSA) is 302 Å². The Hall–Kier alpha value is -2.47. The van der Waals surface area contributed by atoms with E-state index < -0.39 is 62.9 Å². The quantitative estimate of drug-likeness (QED) is 0.118. The summed E-state index contributed by atoms with van der Waals surface area (Å²) in [6.07, 6.45) is -2.42. The van der Waals surface area contributed by atoms with Crippen LogP contribution in [0.15, 0.2) is 0 Å². The van der Waals surface area contributed by atoms with Crippen LogP contribution in [0.1, 0.15) is 19.3 Å². The van der Waals surface area contributed by atoms with Crippen molar-refractivity contribution in [2.75, 3.05) is 0 Å². The first kappa shape index (κ1) is 35.6. The zero-order chi connectivity index (χ0) is 22.1. The number of hydrogen-bond acceptors (Lipinski definition) is 7. The van der Waals surface area contributed by atoms with Gasteiger partial charge in [-0.2, -0.15) is 0 Å². The second kappa shape index (κ2) is 19.8. The average molecular weight is 418 g/mol. The summed E-state index contributed by atoms with van der Waals surface area (Å²) in [5.41, 5.74) is 0. The van der Waals surface area contributed by atoms with E-state index in [0.29, 0.717) is 0 Å². The molecule has 0 saturated carbocycles. The first-order chi connectivity index (χ1) is 11.4. The van der Waals surface area contributed by atoms with Gasteiger partial charge < -0.3 is 45.3 Å². The minimum absolute atomic E-state index is 0. The minimum atomic E-state index is -4.64. The van der Waals surface area contributed by atoms with Crippen molar-refractivity contribution in [3.8, 4) is 0 Å². The van der Waals surface area contributed by atoms with E-state index in [1.165, 1.54) is 0 Å². The molecule has 0 atom stereocenters. The van der Waals surface area contributed by atoms with E-state index in [4.69, 9.17) is 49.9 Å².